The van der Waals surface area contributed by atoms with Crippen molar-refractivity contribution in [3.05, 3.63) is 35.9 Å². The molecule has 2 heteroatoms. The Morgan fingerprint density at radius 3 is 2.50 bits per heavy atom. The van der Waals surface area contributed by atoms with Gasteiger partial charge in [0.15, 0.2) is 0 Å². The zero-order valence-corrected chi connectivity index (χ0v) is 11.4. The molecule has 1 heterocycles. The van der Waals surface area contributed by atoms with Crippen LogP contribution in [0.4, 0.5) is 0 Å². The van der Waals surface area contributed by atoms with Crippen LogP contribution in [0.2, 0.25) is 0 Å². The molecule has 0 aromatic heterocycles. The molecule has 0 unspecified atom stereocenters. The van der Waals surface area contributed by atoms with Gasteiger partial charge >= 0.3 is 0 Å². The number of benzene rings is 1. The van der Waals surface area contributed by atoms with Gasteiger partial charge < -0.3 is 5.32 Å². The third-order valence-corrected chi connectivity index (χ3v) is 3.87. The molecule has 0 aliphatic carbocycles. The smallest absolute Gasteiger partial charge is 0.0605 e. The summed E-state index contributed by atoms with van der Waals surface area (Å²) in [5.41, 5.74) is 1.43. The Balaban J connectivity index is 1.81. The van der Waals surface area contributed by atoms with Crippen molar-refractivity contribution in [3.8, 4) is 11.8 Å². The van der Waals surface area contributed by atoms with Gasteiger partial charge in [-0.2, -0.15) is 0 Å². The predicted molar refractivity (Wildman–Crippen MR) is 76.5 cm³/mol. The van der Waals surface area contributed by atoms with Crippen LogP contribution in [0.15, 0.2) is 30.3 Å². The quantitative estimate of drug-likeness (QED) is 0.799. The summed E-state index contributed by atoms with van der Waals surface area (Å²) in [5.74, 6) is 6.49. The Hall–Kier alpha value is -1.30. The van der Waals surface area contributed by atoms with Crippen LogP contribution in [0.5, 0.6) is 0 Å². The highest BCUT2D eigenvalue weighted by Gasteiger charge is 2.27. The third-order valence-electron chi connectivity index (χ3n) is 3.87. The normalized spacial score (nSPS) is 19.0. The Bertz CT molecular complexity index is 419. The summed E-state index contributed by atoms with van der Waals surface area (Å²) in [6.07, 6.45) is 2.41. The fourth-order valence-electron chi connectivity index (χ4n) is 2.23. The van der Waals surface area contributed by atoms with Crippen LogP contribution in [-0.4, -0.2) is 37.1 Å². The minimum Gasteiger partial charge on any atom is -0.314 e. The second-order valence-electron chi connectivity index (χ2n) is 5.25. The average Bonchev–Trinajstić information content (AvgIpc) is 2.42. The van der Waals surface area contributed by atoms with E-state index in [1.165, 1.54) is 12.8 Å². The number of piperidine rings is 1. The number of rotatable bonds is 2. The maximum absolute atomic E-state index is 3.42. The lowest BCUT2D eigenvalue weighted by molar-refractivity contribution is 0.166. The Labute approximate surface area is 110 Å². The Morgan fingerprint density at radius 1 is 1.22 bits per heavy atom. The Morgan fingerprint density at radius 2 is 1.89 bits per heavy atom. The van der Waals surface area contributed by atoms with Crippen LogP contribution < -0.4 is 5.32 Å². The summed E-state index contributed by atoms with van der Waals surface area (Å²) >= 11 is 0. The van der Waals surface area contributed by atoms with Crippen LogP contribution in [0, 0.1) is 11.8 Å². The number of hydrogen-bond donors (Lipinski definition) is 1. The van der Waals surface area contributed by atoms with Crippen LogP contribution in [0.3, 0.4) is 0 Å². The van der Waals surface area contributed by atoms with E-state index in [1.54, 1.807) is 0 Å². The van der Waals surface area contributed by atoms with E-state index in [4.69, 9.17) is 0 Å². The lowest BCUT2D eigenvalue weighted by Gasteiger charge is -2.38. The third kappa shape index (κ3) is 3.60. The van der Waals surface area contributed by atoms with Crippen molar-refractivity contribution >= 4 is 0 Å². The minimum atomic E-state index is 0.323. The van der Waals surface area contributed by atoms with Crippen LogP contribution >= 0.6 is 0 Å². The molecule has 18 heavy (non-hydrogen) atoms. The van der Waals surface area contributed by atoms with E-state index in [0.717, 1.165) is 25.2 Å². The zero-order valence-electron chi connectivity index (χ0n) is 11.4. The molecule has 96 valence electrons. The second kappa shape index (κ2) is 6.04. The summed E-state index contributed by atoms with van der Waals surface area (Å²) in [6.45, 7) is 5.47. The van der Waals surface area contributed by atoms with Gasteiger partial charge in [-0.05, 0) is 38.9 Å². The molecule has 1 aromatic rings. The minimum absolute atomic E-state index is 0.323. The van der Waals surface area contributed by atoms with Gasteiger partial charge in [0, 0.05) is 24.2 Å². The molecule has 0 atom stereocenters. The maximum Gasteiger partial charge on any atom is 0.0605 e. The van der Waals surface area contributed by atoms with E-state index in [2.05, 4.69) is 48.2 Å². The van der Waals surface area contributed by atoms with Gasteiger partial charge in [0.1, 0.15) is 0 Å². The van der Waals surface area contributed by atoms with Crippen molar-refractivity contribution in [2.24, 2.45) is 0 Å². The summed E-state index contributed by atoms with van der Waals surface area (Å²) < 4.78 is 0. The van der Waals surface area contributed by atoms with Gasteiger partial charge in [-0.15, -0.1) is 0 Å². The van der Waals surface area contributed by atoms with Gasteiger partial charge in [-0.25, -0.2) is 0 Å². The molecule has 1 aromatic carbocycles. The van der Waals surface area contributed by atoms with Gasteiger partial charge in [0.25, 0.3) is 0 Å². The first-order valence-electron chi connectivity index (χ1n) is 6.67. The van der Waals surface area contributed by atoms with E-state index >= 15 is 0 Å². The highest BCUT2D eigenvalue weighted by Crippen LogP contribution is 2.20. The topological polar surface area (TPSA) is 15.3 Å². The van der Waals surface area contributed by atoms with Gasteiger partial charge in [-0.3, -0.25) is 4.90 Å². The molecule has 0 amide bonds. The summed E-state index contributed by atoms with van der Waals surface area (Å²) in [4.78, 5) is 2.44. The zero-order chi connectivity index (χ0) is 12.8. The number of hydrogen-bond acceptors (Lipinski definition) is 2. The fraction of sp³-hybridized carbons (Fsp3) is 0.500. The molecule has 1 aliphatic heterocycles. The van der Waals surface area contributed by atoms with Crippen LogP contribution in [0.1, 0.15) is 25.3 Å². The van der Waals surface area contributed by atoms with E-state index in [0.29, 0.717) is 5.54 Å². The van der Waals surface area contributed by atoms with Crippen molar-refractivity contribution in [1.29, 1.82) is 0 Å². The molecular formula is C16H22N2. The first kappa shape index (κ1) is 13.1. The lowest BCUT2D eigenvalue weighted by Crippen LogP contribution is -2.49. The molecule has 1 fully saturated rings. The van der Waals surface area contributed by atoms with Crippen molar-refractivity contribution in [3.63, 3.8) is 0 Å². The summed E-state index contributed by atoms with van der Waals surface area (Å²) in [6, 6.07) is 10.2. The van der Waals surface area contributed by atoms with Crippen LogP contribution in [-0.2, 0) is 0 Å². The monoisotopic (exact) mass is 242 g/mol. The van der Waals surface area contributed by atoms with Crippen molar-refractivity contribution in [2.75, 3.05) is 26.7 Å². The fourth-order valence-corrected chi connectivity index (χ4v) is 2.23. The summed E-state index contributed by atoms with van der Waals surface area (Å²) in [7, 11) is 2.06. The SMILES string of the molecule is CNC1(C)CCN(CC#Cc2ccccc2)CC1. The molecule has 2 nitrogen and oxygen atoms in total. The first-order chi connectivity index (χ1) is 8.72. The van der Waals surface area contributed by atoms with Crippen molar-refractivity contribution < 1.29 is 0 Å². The standard InChI is InChI=1S/C16H22N2/c1-16(17-2)10-13-18(14-11-16)12-6-9-15-7-4-3-5-8-15/h3-5,7-8,17H,10-14H2,1-2H3. The van der Waals surface area contributed by atoms with E-state index in [9.17, 15) is 0 Å². The van der Waals surface area contributed by atoms with E-state index in [-0.39, 0.29) is 0 Å². The van der Waals surface area contributed by atoms with Gasteiger partial charge in [0.05, 0.1) is 6.54 Å². The molecule has 1 aliphatic rings. The molecule has 0 saturated carbocycles. The highest BCUT2D eigenvalue weighted by atomic mass is 15.1. The number of nitrogens with one attached hydrogen (secondary N) is 1. The van der Waals surface area contributed by atoms with E-state index < -0.39 is 0 Å². The molecule has 0 spiro atoms. The molecule has 0 radical (unpaired) electrons. The van der Waals surface area contributed by atoms with Crippen molar-refractivity contribution in [1.82, 2.24) is 10.2 Å². The van der Waals surface area contributed by atoms with E-state index in [1.807, 2.05) is 18.2 Å². The van der Waals surface area contributed by atoms with Gasteiger partial charge in [0.2, 0.25) is 0 Å². The largest absolute Gasteiger partial charge is 0.314 e. The number of nitrogens with zero attached hydrogens (tertiary/aromatic N) is 1. The predicted octanol–water partition coefficient (Wildman–Crippen LogP) is 2.11. The molecular weight excluding hydrogens is 220 g/mol. The average molecular weight is 242 g/mol. The molecule has 1 saturated heterocycles. The molecule has 1 N–H and O–H groups in total. The summed E-state index contributed by atoms with van der Waals surface area (Å²) in [5, 5.41) is 3.42. The van der Waals surface area contributed by atoms with Gasteiger partial charge in [-0.1, -0.05) is 30.0 Å². The number of likely N-dealkylation sites (tertiary alicyclic amines) is 1. The molecule has 2 rings (SSSR count). The highest BCUT2D eigenvalue weighted by molar-refractivity contribution is 5.33. The Kier molecular flexibility index (Phi) is 4.41. The van der Waals surface area contributed by atoms with Crippen LogP contribution in [0.25, 0.3) is 0 Å². The maximum atomic E-state index is 3.42. The van der Waals surface area contributed by atoms with Crippen molar-refractivity contribution in [2.45, 2.75) is 25.3 Å². The molecule has 0 bridgehead atoms. The lowest BCUT2D eigenvalue weighted by atomic mass is 9.90. The second-order valence-corrected chi connectivity index (χ2v) is 5.25. The first-order valence-corrected chi connectivity index (χ1v) is 6.67.